The third kappa shape index (κ3) is 5.63. The van der Waals surface area contributed by atoms with Crippen LogP contribution in [0.3, 0.4) is 0 Å². The van der Waals surface area contributed by atoms with E-state index in [1.807, 2.05) is 24.3 Å². The van der Waals surface area contributed by atoms with E-state index in [0.29, 0.717) is 5.56 Å². The third-order valence-corrected chi connectivity index (χ3v) is 4.19. The minimum absolute atomic E-state index is 0.00665. The van der Waals surface area contributed by atoms with Gasteiger partial charge in [-0.15, -0.1) is 0 Å². The Labute approximate surface area is 130 Å². The van der Waals surface area contributed by atoms with Gasteiger partial charge in [-0.3, -0.25) is 4.79 Å². The van der Waals surface area contributed by atoms with Crippen LogP contribution in [0.4, 0.5) is 0 Å². The molecule has 0 aliphatic carbocycles. The van der Waals surface area contributed by atoms with E-state index >= 15 is 0 Å². The summed E-state index contributed by atoms with van der Waals surface area (Å²) in [6.45, 7) is 9.71. The number of nitrogens with one attached hydrogen (secondary N) is 1. The van der Waals surface area contributed by atoms with Crippen molar-refractivity contribution in [3.05, 3.63) is 34.3 Å². The molecule has 0 saturated heterocycles. The number of hydrogen-bond donors (Lipinski definition) is 1. The molecule has 1 rings (SSSR count). The predicted molar refractivity (Wildman–Crippen MR) is 88.1 cm³/mol. The fourth-order valence-corrected chi connectivity index (χ4v) is 2.64. The lowest BCUT2D eigenvalue weighted by atomic mass is 10.1. The molecular weight excluding hydrogens is 316 g/mol. The number of amides is 1. The molecule has 1 amide bonds. The molecule has 0 saturated carbocycles. The molecule has 0 aliphatic rings. The lowest BCUT2D eigenvalue weighted by Crippen LogP contribution is -2.33. The second-order valence-corrected chi connectivity index (χ2v) is 5.88. The number of nitrogens with zero attached hydrogens (tertiary/aromatic N) is 1. The molecule has 1 atom stereocenters. The lowest BCUT2D eigenvalue weighted by molar-refractivity contribution is 0.0936. The summed E-state index contributed by atoms with van der Waals surface area (Å²) in [6.07, 6.45) is 2.12. The van der Waals surface area contributed by atoms with E-state index in [4.69, 9.17) is 0 Å². The summed E-state index contributed by atoms with van der Waals surface area (Å²) in [5.41, 5.74) is 0.697. The van der Waals surface area contributed by atoms with Gasteiger partial charge >= 0.3 is 0 Å². The van der Waals surface area contributed by atoms with Crippen molar-refractivity contribution >= 4 is 21.8 Å². The highest BCUT2D eigenvalue weighted by Crippen LogP contribution is 2.15. The Bertz CT molecular complexity index is 419. The van der Waals surface area contributed by atoms with Crippen LogP contribution in [0.5, 0.6) is 0 Å². The molecular formula is C16H25BrN2O. The normalized spacial score (nSPS) is 12.4. The Balaban J connectivity index is 2.37. The van der Waals surface area contributed by atoms with Gasteiger partial charge in [0, 0.05) is 10.5 Å². The first-order chi connectivity index (χ1) is 9.58. The van der Waals surface area contributed by atoms with Gasteiger partial charge in [-0.2, -0.15) is 0 Å². The topological polar surface area (TPSA) is 32.3 Å². The van der Waals surface area contributed by atoms with E-state index in [-0.39, 0.29) is 11.9 Å². The van der Waals surface area contributed by atoms with Gasteiger partial charge < -0.3 is 10.2 Å². The monoisotopic (exact) mass is 340 g/mol. The van der Waals surface area contributed by atoms with Crippen molar-refractivity contribution in [2.45, 2.75) is 39.7 Å². The predicted octanol–water partition coefficient (Wildman–Crippen LogP) is 3.69. The minimum atomic E-state index is -0.00665. The molecule has 112 valence electrons. The van der Waals surface area contributed by atoms with E-state index in [0.717, 1.165) is 36.9 Å². The van der Waals surface area contributed by atoms with Crippen molar-refractivity contribution in [2.24, 2.45) is 0 Å². The van der Waals surface area contributed by atoms with Crippen LogP contribution in [0, 0.1) is 0 Å². The van der Waals surface area contributed by atoms with Crippen LogP contribution in [0.15, 0.2) is 28.7 Å². The number of hydrogen-bond acceptors (Lipinski definition) is 2. The summed E-state index contributed by atoms with van der Waals surface area (Å²) in [7, 11) is 0. The van der Waals surface area contributed by atoms with E-state index < -0.39 is 0 Å². The molecule has 0 aliphatic heterocycles. The first-order valence-electron chi connectivity index (χ1n) is 7.36. The zero-order chi connectivity index (χ0) is 15.0. The van der Waals surface area contributed by atoms with Crippen LogP contribution < -0.4 is 5.32 Å². The second kappa shape index (κ2) is 9.14. The third-order valence-electron chi connectivity index (χ3n) is 3.50. The van der Waals surface area contributed by atoms with Crippen LogP contribution in [0.1, 0.15) is 44.0 Å². The SMILES string of the molecule is CCN(CC)CCCC(C)NC(=O)c1ccccc1Br. The first-order valence-corrected chi connectivity index (χ1v) is 8.15. The molecule has 4 heteroatoms. The zero-order valence-corrected chi connectivity index (χ0v) is 14.2. The Morgan fingerprint density at radius 3 is 2.55 bits per heavy atom. The van der Waals surface area contributed by atoms with Crippen molar-refractivity contribution in [1.29, 1.82) is 0 Å². The maximum absolute atomic E-state index is 12.1. The van der Waals surface area contributed by atoms with Gasteiger partial charge in [0.05, 0.1) is 5.56 Å². The molecule has 1 aromatic rings. The molecule has 0 radical (unpaired) electrons. The summed E-state index contributed by atoms with van der Waals surface area (Å²) in [4.78, 5) is 14.5. The van der Waals surface area contributed by atoms with Gasteiger partial charge in [-0.25, -0.2) is 0 Å². The highest BCUT2D eigenvalue weighted by molar-refractivity contribution is 9.10. The number of benzene rings is 1. The van der Waals surface area contributed by atoms with E-state index in [9.17, 15) is 4.79 Å². The summed E-state index contributed by atoms with van der Waals surface area (Å²) in [6, 6.07) is 7.71. The molecule has 3 nitrogen and oxygen atoms in total. The van der Waals surface area contributed by atoms with E-state index in [2.05, 4.69) is 46.9 Å². The number of carbonyl (C=O) groups excluding carboxylic acids is 1. The highest BCUT2D eigenvalue weighted by atomic mass is 79.9. The lowest BCUT2D eigenvalue weighted by Gasteiger charge is -2.20. The van der Waals surface area contributed by atoms with E-state index in [1.165, 1.54) is 0 Å². The van der Waals surface area contributed by atoms with Crippen LogP contribution in [0.25, 0.3) is 0 Å². The molecule has 1 unspecified atom stereocenters. The van der Waals surface area contributed by atoms with Crippen LogP contribution in [-0.4, -0.2) is 36.5 Å². The zero-order valence-electron chi connectivity index (χ0n) is 12.7. The maximum atomic E-state index is 12.1. The van der Waals surface area contributed by atoms with Crippen LogP contribution >= 0.6 is 15.9 Å². The number of halogens is 1. The molecule has 20 heavy (non-hydrogen) atoms. The number of carbonyl (C=O) groups is 1. The van der Waals surface area contributed by atoms with E-state index in [1.54, 1.807) is 0 Å². The van der Waals surface area contributed by atoms with Gasteiger partial charge in [0.25, 0.3) is 5.91 Å². The fraction of sp³-hybridized carbons (Fsp3) is 0.562. The van der Waals surface area contributed by atoms with Gasteiger partial charge in [-0.1, -0.05) is 26.0 Å². The van der Waals surface area contributed by atoms with Crippen molar-refractivity contribution in [2.75, 3.05) is 19.6 Å². The molecule has 1 N–H and O–H groups in total. The number of rotatable bonds is 8. The summed E-state index contributed by atoms with van der Waals surface area (Å²) in [5, 5.41) is 3.06. The average Bonchev–Trinajstić information content (AvgIpc) is 2.44. The van der Waals surface area contributed by atoms with Crippen molar-refractivity contribution < 1.29 is 4.79 Å². The standard InChI is InChI=1S/C16H25BrN2O/c1-4-19(5-2)12-8-9-13(3)18-16(20)14-10-6-7-11-15(14)17/h6-7,10-11,13H,4-5,8-9,12H2,1-3H3,(H,18,20). The smallest absolute Gasteiger partial charge is 0.252 e. The molecule has 0 fully saturated rings. The van der Waals surface area contributed by atoms with Gasteiger partial charge in [0.1, 0.15) is 0 Å². The van der Waals surface area contributed by atoms with Gasteiger partial charge in [-0.05, 0) is 67.5 Å². The highest BCUT2D eigenvalue weighted by Gasteiger charge is 2.12. The minimum Gasteiger partial charge on any atom is -0.350 e. The molecule has 0 aromatic heterocycles. The summed E-state index contributed by atoms with van der Waals surface area (Å²) < 4.78 is 0.841. The van der Waals surface area contributed by atoms with Gasteiger partial charge in [0.15, 0.2) is 0 Å². The van der Waals surface area contributed by atoms with Gasteiger partial charge in [0.2, 0.25) is 0 Å². The summed E-state index contributed by atoms with van der Waals surface area (Å²) in [5.74, 6) is -0.00665. The first kappa shape index (κ1) is 17.2. The Morgan fingerprint density at radius 1 is 1.30 bits per heavy atom. The second-order valence-electron chi connectivity index (χ2n) is 5.02. The Kier molecular flexibility index (Phi) is 7.85. The molecule has 0 spiro atoms. The Morgan fingerprint density at radius 2 is 1.95 bits per heavy atom. The average molecular weight is 341 g/mol. The maximum Gasteiger partial charge on any atom is 0.252 e. The molecule has 0 heterocycles. The van der Waals surface area contributed by atoms with Crippen molar-refractivity contribution in [3.8, 4) is 0 Å². The largest absolute Gasteiger partial charge is 0.350 e. The summed E-state index contributed by atoms with van der Waals surface area (Å²) >= 11 is 3.41. The van der Waals surface area contributed by atoms with Crippen molar-refractivity contribution in [3.63, 3.8) is 0 Å². The Hall–Kier alpha value is -0.870. The van der Waals surface area contributed by atoms with Crippen LogP contribution in [-0.2, 0) is 0 Å². The fourth-order valence-electron chi connectivity index (χ4n) is 2.18. The molecule has 0 bridgehead atoms. The van der Waals surface area contributed by atoms with Crippen LogP contribution in [0.2, 0.25) is 0 Å². The van der Waals surface area contributed by atoms with Crippen molar-refractivity contribution in [1.82, 2.24) is 10.2 Å². The quantitative estimate of drug-likeness (QED) is 0.782. The molecule has 1 aromatic carbocycles.